The van der Waals surface area contributed by atoms with Crippen LogP contribution in [0.25, 0.3) is 0 Å². The third-order valence-corrected chi connectivity index (χ3v) is 5.69. The van der Waals surface area contributed by atoms with Crippen LogP contribution in [0, 0.1) is 12.3 Å². The van der Waals surface area contributed by atoms with Crippen LogP contribution in [0.1, 0.15) is 48.9 Å². The molecule has 1 aliphatic carbocycles. The van der Waals surface area contributed by atoms with E-state index in [2.05, 4.69) is 29.5 Å². The SMILES string of the molecule is CCNC(=NCC1(CCOC)CCCC1)NCCc1ncc(C)s1. The van der Waals surface area contributed by atoms with Gasteiger partial charge >= 0.3 is 0 Å². The van der Waals surface area contributed by atoms with Crippen LogP contribution in [0.15, 0.2) is 11.2 Å². The van der Waals surface area contributed by atoms with Gasteiger partial charge in [0.1, 0.15) is 0 Å². The zero-order valence-electron chi connectivity index (χ0n) is 15.4. The number of nitrogens with zero attached hydrogens (tertiary/aromatic N) is 2. The Labute approximate surface area is 150 Å². The number of hydrogen-bond acceptors (Lipinski definition) is 4. The second-order valence-corrected chi connectivity index (χ2v) is 8.01. The maximum absolute atomic E-state index is 5.31. The number of nitrogens with one attached hydrogen (secondary N) is 2. The number of thiazole rings is 1. The van der Waals surface area contributed by atoms with E-state index in [0.717, 1.165) is 45.0 Å². The maximum atomic E-state index is 5.31. The molecular weight excluding hydrogens is 320 g/mol. The maximum Gasteiger partial charge on any atom is 0.191 e. The fourth-order valence-corrected chi connectivity index (χ4v) is 4.11. The summed E-state index contributed by atoms with van der Waals surface area (Å²) in [5.41, 5.74) is 0.338. The summed E-state index contributed by atoms with van der Waals surface area (Å²) in [6.07, 6.45) is 9.20. The lowest BCUT2D eigenvalue weighted by Crippen LogP contribution is -2.39. The average Bonchev–Trinajstić information content (AvgIpc) is 3.20. The predicted molar refractivity (Wildman–Crippen MR) is 102 cm³/mol. The highest BCUT2D eigenvalue weighted by molar-refractivity contribution is 7.11. The standard InChI is InChI=1S/C18H32N4OS/c1-4-19-17(20-11-7-16-21-13-15(2)24-16)22-14-18(10-12-23-3)8-5-6-9-18/h13H,4-12,14H2,1-3H3,(H2,19,20,22). The summed E-state index contributed by atoms with van der Waals surface area (Å²) in [5, 5.41) is 8.00. The molecule has 0 unspecified atom stereocenters. The van der Waals surface area contributed by atoms with Crippen molar-refractivity contribution in [3.8, 4) is 0 Å². The lowest BCUT2D eigenvalue weighted by molar-refractivity contribution is 0.141. The van der Waals surface area contributed by atoms with E-state index in [-0.39, 0.29) is 0 Å². The molecule has 0 saturated heterocycles. The lowest BCUT2D eigenvalue weighted by atomic mass is 9.83. The van der Waals surface area contributed by atoms with Crippen molar-refractivity contribution in [3.63, 3.8) is 0 Å². The Morgan fingerprint density at radius 3 is 2.79 bits per heavy atom. The van der Waals surface area contributed by atoms with E-state index < -0.39 is 0 Å². The largest absolute Gasteiger partial charge is 0.385 e. The number of aromatic nitrogens is 1. The van der Waals surface area contributed by atoms with Gasteiger partial charge < -0.3 is 15.4 Å². The van der Waals surface area contributed by atoms with Gasteiger partial charge in [-0.3, -0.25) is 4.99 Å². The molecule has 0 aromatic carbocycles. The summed E-state index contributed by atoms with van der Waals surface area (Å²) in [5.74, 6) is 0.925. The van der Waals surface area contributed by atoms with Crippen molar-refractivity contribution in [1.82, 2.24) is 15.6 Å². The number of aliphatic imine (C=N–C) groups is 1. The molecule has 2 N–H and O–H groups in total. The molecular formula is C18H32N4OS. The molecule has 0 radical (unpaired) electrons. The number of hydrogen-bond donors (Lipinski definition) is 2. The van der Waals surface area contributed by atoms with Crippen LogP contribution < -0.4 is 10.6 Å². The first-order valence-corrected chi connectivity index (χ1v) is 9.91. The Hall–Kier alpha value is -1.14. The van der Waals surface area contributed by atoms with Gasteiger partial charge in [-0.15, -0.1) is 11.3 Å². The van der Waals surface area contributed by atoms with E-state index in [0.29, 0.717) is 5.41 Å². The van der Waals surface area contributed by atoms with Crippen molar-refractivity contribution in [2.75, 3.05) is 33.4 Å². The normalized spacial score (nSPS) is 17.2. The Morgan fingerprint density at radius 2 is 2.17 bits per heavy atom. The first-order chi connectivity index (χ1) is 11.7. The Balaban J connectivity index is 1.86. The number of rotatable bonds is 9. The number of methoxy groups -OCH3 is 1. The molecule has 1 aromatic rings. The molecule has 1 saturated carbocycles. The Morgan fingerprint density at radius 1 is 1.38 bits per heavy atom. The third kappa shape index (κ3) is 6.06. The van der Waals surface area contributed by atoms with E-state index in [1.807, 2.05) is 6.20 Å². The van der Waals surface area contributed by atoms with E-state index in [1.165, 1.54) is 35.6 Å². The van der Waals surface area contributed by atoms with Gasteiger partial charge in [-0.2, -0.15) is 0 Å². The fraction of sp³-hybridized carbons (Fsp3) is 0.778. The monoisotopic (exact) mass is 352 g/mol. The van der Waals surface area contributed by atoms with Crippen LogP contribution in [0.2, 0.25) is 0 Å². The molecule has 1 fully saturated rings. The molecule has 0 aliphatic heterocycles. The fourth-order valence-electron chi connectivity index (χ4n) is 3.32. The Bertz CT molecular complexity index is 509. The smallest absolute Gasteiger partial charge is 0.191 e. The van der Waals surface area contributed by atoms with Crippen LogP contribution in [0.5, 0.6) is 0 Å². The molecule has 1 aromatic heterocycles. The van der Waals surface area contributed by atoms with Crippen molar-refractivity contribution in [3.05, 3.63) is 16.1 Å². The van der Waals surface area contributed by atoms with Crippen LogP contribution in [-0.2, 0) is 11.2 Å². The summed E-state index contributed by atoms with van der Waals surface area (Å²) in [6, 6.07) is 0. The molecule has 24 heavy (non-hydrogen) atoms. The first-order valence-electron chi connectivity index (χ1n) is 9.10. The van der Waals surface area contributed by atoms with E-state index >= 15 is 0 Å². The van der Waals surface area contributed by atoms with E-state index in [9.17, 15) is 0 Å². The van der Waals surface area contributed by atoms with Gasteiger partial charge in [0.15, 0.2) is 5.96 Å². The van der Waals surface area contributed by atoms with Crippen molar-refractivity contribution in [2.45, 2.75) is 52.4 Å². The molecule has 5 nitrogen and oxygen atoms in total. The van der Waals surface area contributed by atoms with Gasteiger partial charge in [0, 0.05) is 50.8 Å². The van der Waals surface area contributed by atoms with E-state index in [1.54, 1.807) is 18.4 Å². The van der Waals surface area contributed by atoms with Gasteiger partial charge in [-0.25, -0.2) is 4.98 Å². The second kappa shape index (κ2) is 9.99. The van der Waals surface area contributed by atoms with Crippen molar-refractivity contribution in [1.29, 1.82) is 0 Å². The average molecular weight is 353 g/mol. The number of ether oxygens (including phenoxy) is 1. The quantitative estimate of drug-likeness (QED) is 0.529. The van der Waals surface area contributed by atoms with Crippen molar-refractivity contribution < 1.29 is 4.74 Å². The minimum absolute atomic E-state index is 0.338. The lowest BCUT2D eigenvalue weighted by Gasteiger charge is -2.27. The van der Waals surface area contributed by atoms with Gasteiger partial charge in [0.2, 0.25) is 0 Å². The topological polar surface area (TPSA) is 58.5 Å². The summed E-state index contributed by atoms with van der Waals surface area (Å²) >= 11 is 1.77. The van der Waals surface area contributed by atoms with Crippen molar-refractivity contribution in [2.24, 2.45) is 10.4 Å². The summed E-state index contributed by atoms with van der Waals surface area (Å²) in [7, 11) is 1.79. The third-order valence-electron chi connectivity index (χ3n) is 4.72. The molecule has 136 valence electrons. The van der Waals surface area contributed by atoms with Crippen LogP contribution >= 0.6 is 11.3 Å². The molecule has 0 amide bonds. The number of aryl methyl sites for hydroxylation is 1. The minimum atomic E-state index is 0.338. The molecule has 1 aliphatic rings. The highest BCUT2D eigenvalue weighted by Gasteiger charge is 2.33. The first kappa shape index (κ1) is 19.2. The summed E-state index contributed by atoms with van der Waals surface area (Å²) < 4.78 is 5.31. The molecule has 0 atom stereocenters. The van der Waals surface area contributed by atoms with Gasteiger partial charge in [0.05, 0.1) is 5.01 Å². The molecule has 1 heterocycles. The summed E-state index contributed by atoms with van der Waals surface area (Å²) in [6.45, 7) is 7.68. The van der Waals surface area contributed by atoms with Crippen LogP contribution in [0.4, 0.5) is 0 Å². The molecule has 6 heteroatoms. The minimum Gasteiger partial charge on any atom is -0.385 e. The van der Waals surface area contributed by atoms with Gasteiger partial charge in [0.25, 0.3) is 0 Å². The van der Waals surface area contributed by atoms with Crippen LogP contribution in [-0.4, -0.2) is 44.3 Å². The van der Waals surface area contributed by atoms with Crippen LogP contribution in [0.3, 0.4) is 0 Å². The number of guanidine groups is 1. The van der Waals surface area contributed by atoms with Gasteiger partial charge in [-0.05, 0) is 38.5 Å². The zero-order valence-corrected chi connectivity index (χ0v) is 16.2. The van der Waals surface area contributed by atoms with Crippen molar-refractivity contribution >= 4 is 17.3 Å². The predicted octanol–water partition coefficient (Wildman–Crippen LogP) is 3.15. The highest BCUT2D eigenvalue weighted by atomic mass is 32.1. The highest BCUT2D eigenvalue weighted by Crippen LogP contribution is 2.41. The Kier molecular flexibility index (Phi) is 7.99. The van der Waals surface area contributed by atoms with E-state index in [4.69, 9.17) is 9.73 Å². The molecule has 0 spiro atoms. The molecule has 2 rings (SSSR count). The second-order valence-electron chi connectivity index (χ2n) is 6.69. The molecule has 0 bridgehead atoms. The summed E-state index contributed by atoms with van der Waals surface area (Å²) in [4.78, 5) is 10.6. The van der Waals surface area contributed by atoms with Gasteiger partial charge in [-0.1, -0.05) is 12.8 Å². The zero-order chi connectivity index (χ0) is 17.3.